The molecular weight excluding hydrogens is 248 g/mol. The van der Waals surface area contributed by atoms with Crippen LogP contribution in [0.5, 0.6) is 0 Å². The Morgan fingerprint density at radius 2 is 1.25 bits per heavy atom. The fourth-order valence-electron chi connectivity index (χ4n) is 1.67. The van der Waals surface area contributed by atoms with Gasteiger partial charge in [-0.1, -0.05) is 34.3 Å². The molecule has 4 nitrogen and oxygen atoms in total. The first-order valence-corrected chi connectivity index (χ1v) is 7.55. The van der Waals surface area contributed by atoms with E-state index in [9.17, 15) is 0 Å². The minimum Gasteiger partial charge on any atom is -0.402 e. The van der Waals surface area contributed by atoms with Crippen molar-refractivity contribution >= 4 is 0 Å². The lowest BCUT2D eigenvalue weighted by Gasteiger charge is -2.37. The van der Waals surface area contributed by atoms with Crippen molar-refractivity contribution in [2.75, 3.05) is 26.2 Å². The number of nitrogens with two attached hydrogens (primary N) is 2. The molecule has 1 aliphatic rings. The van der Waals surface area contributed by atoms with Crippen LogP contribution in [0, 0.1) is 0 Å². The Bertz CT molecular complexity index is 306. The van der Waals surface area contributed by atoms with Crippen molar-refractivity contribution in [3.05, 3.63) is 35.9 Å². The summed E-state index contributed by atoms with van der Waals surface area (Å²) in [6.45, 7) is 19.7. The molecule has 0 aliphatic carbocycles. The van der Waals surface area contributed by atoms with Gasteiger partial charge in [-0.05, 0) is 26.0 Å². The molecule has 4 N–H and O–H groups in total. The van der Waals surface area contributed by atoms with Gasteiger partial charge in [0, 0.05) is 37.6 Å². The van der Waals surface area contributed by atoms with Gasteiger partial charge in [0.15, 0.2) is 0 Å². The Balaban J connectivity index is 0. The molecule has 1 aliphatic heterocycles. The number of rotatable bonds is 3. The predicted octanol–water partition coefficient (Wildman–Crippen LogP) is 2.85. The van der Waals surface area contributed by atoms with E-state index in [1.54, 1.807) is 0 Å². The quantitative estimate of drug-likeness (QED) is 0.782. The van der Waals surface area contributed by atoms with Crippen molar-refractivity contribution < 1.29 is 0 Å². The molecule has 20 heavy (non-hydrogen) atoms. The van der Waals surface area contributed by atoms with Crippen molar-refractivity contribution in [2.24, 2.45) is 11.5 Å². The Morgan fingerprint density at radius 3 is 1.60 bits per heavy atom. The molecule has 118 valence electrons. The van der Waals surface area contributed by atoms with E-state index >= 15 is 0 Å². The van der Waals surface area contributed by atoms with E-state index in [4.69, 9.17) is 11.5 Å². The highest BCUT2D eigenvalue weighted by molar-refractivity contribution is 5.13. The molecule has 0 spiro atoms. The standard InChI is InChI=1S/C12H22N4.2C2H6/c1-10(2)15-6-8-16(9-7-15)12(14)5-4-11(3)13;2*1-2/h4-5H,1,6-9,13-14H2,2-3H3;2*1-2H3/b11-4-,12-5+;;. The third-order valence-electron chi connectivity index (χ3n) is 2.70. The van der Waals surface area contributed by atoms with Crippen molar-refractivity contribution in [1.29, 1.82) is 0 Å². The lowest BCUT2D eigenvalue weighted by molar-refractivity contribution is 0.191. The number of hydrogen-bond donors (Lipinski definition) is 2. The molecule has 0 atom stereocenters. The van der Waals surface area contributed by atoms with Crippen molar-refractivity contribution in [3.63, 3.8) is 0 Å². The normalized spacial score (nSPS) is 15.7. The zero-order valence-corrected chi connectivity index (χ0v) is 14.2. The number of piperazine rings is 1. The molecule has 1 heterocycles. The van der Waals surface area contributed by atoms with Gasteiger partial charge in [-0.25, -0.2) is 0 Å². The Kier molecular flexibility index (Phi) is 12.9. The van der Waals surface area contributed by atoms with Crippen LogP contribution in [0.25, 0.3) is 0 Å². The van der Waals surface area contributed by atoms with E-state index in [0.717, 1.165) is 43.4 Å². The Morgan fingerprint density at radius 1 is 0.850 bits per heavy atom. The summed E-state index contributed by atoms with van der Waals surface area (Å²) in [6, 6.07) is 0. The fraction of sp³-hybridized carbons (Fsp3) is 0.625. The summed E-state index contributed by atoms with van der Waals surface area (Å²) in [7, 11) is 0. The largest absolute Gasteiger partial charge is 0.402 e. The van der Waals surface area contributed by atoms with Gasteiger partial charge in [0.05, 0.1) is 5.82 Å². The molecular formula is C16H34N4. The van der Waals surface area contributed by atoms with Gasteiger partial charge in [-0.15, -0.1) is 0 Å². The summed E-state index contributed by atoms with van der Waals surface area (Å²) in [5.74, 6) is 0.783. The van der Waals surface area contributed by atoms with Gasteiger partial charge < -0.3 is 21.3 Å². The average Bonchev–Trinajstić information content (AvgIpc) is 2.49. The number of hydrogen-bond acceptors (Lipinski definition) is 4. The number of nitrogens with zero attached hydrogens (tertiary/aromatic N) is 2. The van der Waals surface area contributed by atoms with Crippen LogP contribution in [0.1, 0.15) is 41.5 Å². The molecule has 1 saturated heterocycles. The van der Waals surface area contributed by atoms with E-state index in [1.807, 2.05) is 53.7 Å². The van der Waals surface area contributed by atoms with Crippen LogP contribution in [0.2, 0.25) is 0 Å². The van der Waals surface area contributed by atoms with E-state index < -0.39 is 0 Å². The molecule has 0 aromatic rings. The highest BCUT2D eigenvalue weighted by atomic mass is 15.3. The van der Waals surface area contributed by atoms with Crippen LogP contribution < -0.4 is 11.5 Å². The van der Waals surface area contributed by atoms with Gasteiger partial charge in [0.2, 0.25) is 0 Å². The van der Waals surface area contributed by atoms with Gasteiger partial charge in [0.25, 0.3) is 0 Å². The second-order valence-corrected chi connectivity index (χ2v) is 4.21. The monoisotopic (exact) mass is 282 g/mol. The van der Waals surface area contributed by atoms with E-state index in [1.165, 1.54) is 0 Å². The molecule has 0 amide bonds. The first-order valence-electron chi connectivity index (χ1n) is 7.55. The van der Waals surface area contributed by atoms with Crippen molar-refractivity contribution in [2.45, 2.75) is 41.5 Å². The van der Waals surface area contributed by atoms with Gasteiger partial charge in [-0.2, -0.15) is 0 Å². The average molecular weight is 282 g/mol. The second kappa shape index (κ2) is 12.5. The van der Waals surface area contributed by atoms with Crippen LogP contribution in [0.4, 0.5) is 0 Å². The van der Waals surface area contributed by atoms with E-state index in [2.05, 4.69) is 16.4 Å². The Hall–Kier alpha value is -1.58. The van der Waals surface area contributed by atoms with Crippen molar-refractivity contribution in [3.8, 4) is 0 Å². The molecule has 0 aromatic heterocycles. The third-order valence-corrected chi connectivity index (χ3v) is 2.70. The minimum absolute atomic E-state index is 0.767. The van der Waals surface area contributed by atoms with Crippen molar-refractivity contribution in [1.82, 2.24) is 9.80 Å². The summed E-state index contributed by atoms with van der Waals surface area (Å²) in [4.78, 5) is 4.44. The van der Waals surface area contributed by atoms with Gasteiger partial charge >= 0.3 is 0 Å². The maximum atomic E-state index is 5.96. The molecule has 4 heteroatoms. The molecule has 0 radical (unpaired) electrons. The summed E-state index contributed by atoms with van der Waals surface area (Å²) in [5, 5.41) is 0. The maximum Gasteiger partial charge on any atom is 0.0988 e. The first-order chi connectivity index (χ1) is 9.50. The highest BCUT2D eigenvalue weighted by Crippen LogP contribution is 2.09. The summed E-state index contributed by atoms with van der Waals surface area (Å²) in [6.07, 6.45) is 3.70. The first kappa shape index (κ1) is 20.7. The molecule has 0 aromatic carbocycles. The van der Waals surface area contributed by atoms with Crippen LogP contribution in [-0.2, 0) is 0 Å². The molecule has 0 bridgehead atoms. The maximum absolute atomic E-state index is 5.96. The second-order valence-electron chi connectivity index (χ2n) is 4.21. The van der Waals surface area contributed by atoms with Crippen LogP contribution in [0.15, 0.2) is 35.9 Å². The molecule has 1 rings (SSSR count). The van der Waals surface area contributed by atoms with Crippen LogP contribution in [0.3, 0.4) is 0 Å². The minimum atomic E-state index is 0.767. The third kappa shape index (κ3) is 8.51. The lowest BCUT2D eigenvalue weighted by atomic mass is 10.3. The summed E-state index contributed by atoms with van der Waals surface area (Å²) in [5.41, 5.74) is 13.4. The van der Waals surface area contributed by atoms with Gasteiger partial charge in [-0.3, -0.25) is 0 Å². The topological polar surface area (TPSA) is 58.5 Å². The fourth-order valence-corrected chi connectivity index (χ4v) is 1.67. The predicted molar refractivity (Wildman–Crippen MR) is 90.9 cm³/mol. The number of allylic oxidation sites excluding steroid dienone is 4. The van der Waals surface area contributed by atoms with E-state index in [0.29, 0.717) is 0 Å². The summed E-state index contributed by atoms with van der Waals surface area (Å²) >= 11 is 0. The molecule has 1 fully saturated rings. The Labute approximate surface area is 125 Å². The zero-order valence-electron chi connectivity index (χ0n) is 14.2. The van der Waals surface area contributed by atoms with Crippen LogP contribution >= 0.6 is 0 Å². The van der Waals surface area contributed by atoms with Gasteiger partial charge in [0.1, 0.15) is 0 Å². The molecule has 0 unspecified atom stereocenters. The smallest absolute Gasteiger partial charge is 0.0988 e. The lowest BCUT2D eigenvalue weighted by Crippen LogP contribution is -2.46. The van der Waals surface area contributed by atoms with E-state index in [-0.39, 0.29) is 0 Å². The summed E-state index contributed by atoms with van der Waals surface area (Å²) < 4.78 is 0. The van der Waals surface area contributed by atoms with Crippen LogP contribution in [-0.4, -0.2) is 36.0 Å². The zero-order chi connectivity index (χ0) is 16.1. The highest BCUT2D eigenvalue weighted by Gasteiger charge is 2.16. The molecule has 0 saturated carbocycles. The SMILES string of the molecule is C=C(C)N1CCN(/C(N)=C/C=C(/C)N)CC1.CC.CC.